The van der Waals surface area contributed by atoms with Crippen LogP contribution in [0.15, 0.2) is 35.3 Å². The summed E-state index contributed by atoms with van der Waals surface area (Å²) >= 11 is 5.81. The second-order valence-electron chi connectivity index (χ2n) is 5.30. The Morgan fingerprint density at radius 2 is 1.96 bits per heavy atom. The molecule has 2 N–H and O–H groups in total. The molecule has 0 aliphatic carbocycles. The molecule has 5 nitrogen and oxygen atoms in total. The highest BCUT2D eigenvalue weighted by molar-refractivity contribution is 6.30. The van der Waals surface area contributed by atoms with Crippen LogP contribution in [0, 0.1) is 0 Å². The summed E-state index contributed by atoms with van der Waals surface area (Å²) in [6, 6.07) is 6.38. The molecule has 1 fully saturated rings. The van der Waals surface area contributed by atoms with Crippen molar-refractivity contribution in [2.24, 2.45) is 0 Å². The number of hydrogen-bond donors (Lipinski definition) is 2. The quantitative estimate of drug-likeness (QED) is 0.831. The van der Waals surface area contributed by atoms with Gasteiger partial charge in [-0.05, 0) is 17.7 Å². The number of alkyl halides is 3. The molecule has 124 valence electrons. The molecular formula is C14H13ClF3N3O2. The lowest BCUT2D eigenvalue weighted by molar-refractivity contribution is -0.207. The minimum absolute atomic E-state index is 0.224. The van der Waals surface area contributed by atoms with Crippen molar-refractivity contribution in [2.75, 3.05) is 6.54 Å². The van der Waals surface area contributed by atoms with E-state index in [0.29, 0.717) is 22.8 Å². The van der Waals surface area contributed by atoms with Gasteiger partial charge in [0.25, 0.3) is 0 Å². The molecule has 2 unspecified atom stereocenters. The van der Waals surface area contributed by atoms with Gasteiger partial charge in [0.15, 0.2) is 6.10 Å². The highest BCUT2D eigenvalue weighted by Gasteiger charge is 2.39. The molecule has 1 aromatic carbocycles. The molecule has 0 bridgehead atoms. The fourth-order valence-electron chi connectivity index (χ4n) is 2.28. The van der Waals surface area contributed by atoms with Crippen molar-refractivity contribution in [2.45, 2.75) is 25.0 Å². The number of hydrogen-bond acceptors (Lipinski definition) is 3. The second-order valence-corrected chi connectivity index (χ2v) is 5.74. The molecule has 0 radical (unpaired) electrons. The molecule has 0 saturated carbocycles. The lowest BCUT2D eigenvalue weighted by Gasteiger charge is -2.16. The number of halogens is 4. The summed E-state index contributed by atoms with van der Waals surface area (Å²) < 4.78 is 40.1. The maximum absolute atomic E-state index is 12.6. The van der Waals surface area contributed by atoms with Gasteiger partial charge in [-0.25, -0.2) is 4.79 Å². The summed E-state index contributed by atoms with van der Waals surface area (Å²) in [5.74, 6) is 0. The van der Waals surface area contributed by atoms with Gasteiger partial charge >= 0.3 is 11.9 Å². The molecule has 1 aliphatic heterocycles. The number of imidazole rings is 1. The molecule has 0 spiro atoms. The van der Waals surface area contributed by atoms with Crippen molar-refractivity contribution in [1.82, 2.24) is 14.5 Å². The van der Waals surface area contributed by atoms with Crippen molar-refractivity contribution in [1.29, 1.82) is 0 Å². The van der Waals surface area contributed by atoms with E-state index in [-0.39, 0.29) is 6.17 Å². The number of rotatable bonds is 4. The summed E-state index contributed by atoms with van der Waals surface area (Å²) in [6.45, 7) is -0.286. The van der Waals surface area contributed by atoms with E-state index in [1.807, 2.05) is 0 Å². The van der Waals surface area contributed by atoms with Crippen molar-refractivity contribution >= 4 is 11.6 Å². The molecule has 2 heterocycles. The molecule has 1 aliphatic rings. The maximum Gasteiger partial charge on any atom is 0.416 e. The zero-order valence-corrected chi connectivity index (χ0v) is 12.5. The number of nitrogens with one attached hydrogen (secondary N) is 1. The lowest BCUT2D eigenvalue weighted by atomic mass is 10.1. The molecule has 3 rings (SSSR count). The summed E-state index contributed by atoms with van der Waals surface area (Å²) in [6.07, 6.45) is -6.15. The highest BCUT2D eigenvalue weighted by Crippen LogP contribution is 2.26. The zero-order valence-electron chi connectivity index (χ0n) is 11.7. The van der Waals surface area contributed by atoms with E-state index in [0.717, 1.165) is 4.57 Å². The number of benzene rings is 1. The van der Waals surface area contributed by atoms with Crippen LogP contribution < -0.4 is 11.0 Å². The van der Waals surface area contributed by atoms with Gasteiger partial charge in [-0.3, -0.25) is 14.5 Å². The maximum atomic E-state index is 12.6. The van der Waals surface area contributed by atoms with Crippen LogP contribution in [0.25, 0.3) is 11.3 Å². The Morgan fingerprint density at radius 1 is 1.35 bits per heavy atom. The normalized spacial score (nSPS) is 18.9. The molecule has 2 aromatic rings. The third-order valence-electron chi connectivity index (χ3n) is 3.60. The number of aliphatic hydroxyl groups is 1. The molecular weight excluding hydrogens is 335 g/mol. The van der Waals surface area contributed by atoms with Crippen LogP contribution in [-0.2, 0) is 6.54 Å². The Bertz CT molecular complexity index is 763. The van der Waals surface area contributed by atoms with Crippen LogP contribution in [0.1, 0.15) is 6.17 Å². The van der Waals surface area contributed by atoms with Gasteiger partial charge in [0.1, 0.15) is 6.17 Å². The number of aromatic nitrogens is 2. The monoisotopic (exact) mass is 347 g/mol. The lowest BCUT2D eigenvalue weighted by Crippen LogP contribution is -2.37. The molecule has 1 aromatic heterocycles. The van der Waals surface area contributed by atoms with Gasteiger partial charge in [0.05, 0.1) is 12.2 Å². The van der Waals surface area contributed by atoms with E-state index in [1.54, 1.807) is 24.3 Å². The Kier molecular flexibility index (Phi) is 3.99. The first-order chi connectivity index (χ1) is 10.8. The smallest absolute Gasteiger partial charge is 0.382 e. The van der Waals surface area contributed by atoms with Gasteiger partial charge in [-0.1, -0.05) is 23.7 Å². The number of nitrogens with zero attached hydrogens (tertiary/aromatic N) is 2. The summed E-state index contributed by atoms with van der Waals surface area (Å²) in [5.41, 5.74) is 0.234. The Labute approximate surface area is 133 Å². The Hall–Kier alpha value is -1.77. The van der Waals surface area contributed by atoms with Gasteiger partial charge in [0.2, 0.25) is 0 Å². The first-order valence-corrected chi connectivity index (χ1v) is 7.21. The van der Waals surface area contributed by atoms with Crippen molar-refractivity contribution < 1.29 is 18.3 Å². The van der Waals surface area contributed by atoms with E-state index in [4.69, 9.17) is 11.6 Å². The van der Waals surface area contributed by atoms with E-state index < -0.39 is 24.5 Å². The van der Waals surface area contributed by atoms with E-state index in [2.05, 4.69) is 5.32 Å². The van der Waals surface area contributed by atoms with Gasteiger partial charge < -0.3 is 5.11 Å². The average molecular weight is 348 g/mol. The van der Waals surface area contributed by atoms with Crippen molar-refractivity contribution in [3.05, 3.63) is 46.0 Å². The molecule has 2 atom stereocenters. The first-order valence-electron chi connectivity index (χ1n) is 6.83. The summed E-state index contributed by atoms with van der Waals surface area (Å²) in [5, 5.41) is 12.7. The SMILES string of the molecule is O=c1n(C2CN2)cc(-c2ccc(Cl)cc2)n1CC(O)C(F)(F)F. The zero-order chi connectivity index (χ0) is 16.8. The first kappa shape index (κ1) is 16.1. The molecule has 23 heavy (non-hydrogen) atoms. The standard InChI is InChI=1S/C14H13ClF3N3O2/c15-9-3-1-8(2-4-9)10-6-21(12-5-19-12)13(23)20(10)7-11(22)14(16,17)18/h1-4,6,11-12,19,22H,5,7H2. The minimum Gasteiger partial charge on any atom is -0.382 e. The van der Waals surface area contributed by atoms with Crippen LogP contribution in [0.5, 0.6) is 0 Å². The van der Waals surface area contributed by atoms with E-state index in [1.165, 1.54) is 10.8 Å². The Balaban J connectivity index is 2.05. The summed E-state index contributed by atoms with van der Waals surface area (Å²) in [4.78, 5) is 12.4. The number of aliphatic hydroxyl groups excluding tert-OH is 1. The fraction of sp³-hybridized carbons (Fsp3) is 0.357. The average Bonchev–Trinajstić information content (AvgIpc) is 3.26. The molecule has 0 amide bonds. The van der Waals surface area contributed by atoms with Gasteiger partial charge in [0, 0.05) is 17.8 Å². The highest BCUT2D eigenvalue weighted by atomic mass is 35.5. The third-order valence-corrected chi connectivity index (χ3v) is 3.85. The third kappa shape index (κ3) is 3.29. The van der Waals surface area contributed by atoms with Crippen LogP contribution >= 0.6 is 11.6 Å². The van der Waals surface area contributed by atoms with Crippen molar-refractivity contribution in [3.63, 3.8) is 0 Å². The van der Waals surface area contributed by atoms with Gasteiger partial charge in [-0.15, -0.1) is 0 Å². The van der Waals surface area contributed by atoms with Crippen molar-refractivity contribution in [3.8, 4) is 11.3 Å². The van der Waals surface area contributed by atoms with Crippen LogP contribution in [0.2, 0.25) is 5.02 Å². The van der Waals surface area contributed by atoms with Crippen LogP contribution in [0.3, 0.4) is 0 Å². The minimum atomic E-state index is -4.80. The fourth-order valence-corrected chi connectivity index (χ4v) is 2.40. The second kappa shape index (κ2) is 5.70. The Morgan fingerprint density at radius 3 is 2.48 bits per heavy atom. The van der Waals surface area contributed by atoms with E-state index >= 15 is 0 Å². The van der Waals surface area contributed by atoms with Crippen LogP contribution in [-0.4, -0.2) is 33.1 Å². The predicted molar refractivity (Wildman–Crippen MR) is 78.2 cm³/mol. The molecule has 1 saturated heterocycles. The topological polar surface area (TPSA) is 69.1 Å². The summed E-state index contributed by atoms with van der Waals surface area (Å²) in [7, 11) is 0. The van der Waals surface area contributed by atoms with E-state index in [9.17, 15) is 23.1 Å². The molecule has 9 heteroatoms. The van der Waals surface area contributed by atoms with Crippen LogP contribution in [0.4, 0.5) is 13.2 Å². The largest absolute Gasteiger partial charge is 0.416 e. The predicted octanol–water partition coefficient (Wildman–Crippen LogP) is 2.00. The van der Waals surface area contributed by atoms with Gasteiger partial charge in [-0.2, -0.15) is 13.2 Å².